The van der Waals surface area contributed by atoms with Crippen LogP contribution in [0.2, 0.25) is 10.0 Å². The summed E-state index contributed by atoms with van der Waals surface area (Å²) >= 11 is 12.8. The van der Waals surface area contributed by atoms with Gasteiger partial charge in [-0.3, -0.25) is 9.59 Å². The molecule has 1 saturated heterocycles. The molecule has 2 aliphatic heterocycles. The van der Waals surface area contributed by atoms with Crippen molar-refractivity contribution in [2.24, 2.45) is 0 Å². The van der Waals surface area contributed by atoms with Crippen LogP contribution in [0.3, 0.4) is 0 Å². The Balaban J connectivity index is 1.57. The van der Waals surface area contributed by atoms with E-state index < -0.39 is 23.2 Å². The van der Waals surface area contributed by atoms with Gasteiger partial charge in [-0.1, -0.05) is 47.8 Å². The number of nitrogens with one attached hydrogen (secondary N) is 2. The molecule has 0 bridgehead atoms. The molecule has 0 aromatic heterocycles. The van der Waals surface area contributed by atoms with Gasteiger partial charge >= 0.3 is 0 Å². The standard InChI is InChI=1S/C30H27Cl2FN2O3/c31-18-10-12-26(38-21-7-2-1-3-8-21)22(14-18)28-30(23-11-9-19(32)15-25(23)34-29(30)37)24(16-27(36)35-28)17-5-4-6-20(33)13-17/h4-6,9-15,21,24,28H,1-3,7-8,16H2,(H,34,37)(H,35,36)/t24-,28+,30-/m0/s1. The topological polar surface area (TPSA) is 67.4 Å². The Morgan fingerprint density at radius 3 is 2.47 bits per heavy atom. The molecule has 0 radical (unpaired) electrons. The second-order valence-corrected chi connectivity index (χ2v) is 11.3. The second-order valence-electron chi connectivity index (χ2n) is 10.4. The minimum atomic E-state index is -1.29. The van der Waals surface area contributed by atoms with Crippen molar-refractivity contribution in [2.75, 3.05) is 5.32 Å². The number of amides is 2. The molecule has 38 heavy (non-hydrogen) atoms. The van der Waals surface area contributed by atoms with Gasteiger partial charge in [-0.25, -0.2) is 4.39 Å². The third kappa shape index (κ3) is 4.24. The van der Waals surface area contributed by atoms with Crippen LogP contribution in [0.15, 0.2) is 60.7 Å². The monoisotopic (exact) mass is 552 g/mol. The number of hydrogen-bond acceptors (Lipinski definition) is 3. The molecule has 1 saturated carbocycles. The van der Waals surface area contributed by atoms with Crippen molar-refractivity contribution in [3.8, 4) is 5.75 Å². The first-order chi connectivity index (χ1) is 18.4. The van der Waals surface area contributed by atoms with Gasteiger partial charge in [0, 0.05) is 33.6 Å². The number of rotatable bonds is 4. The molecule has 3 atom stereocenters. The van der Waals surface area contributed by atoms with Crippen LogP contribution in [0.25, 0.3) is 0 Å². The highest BCUT2D eigenvalue weighted by Crippen LogP contribution is 2.58. The first-order valence-electron chi connectivity index (χ1n) is 13.0. The third-order valence-corrected chi connectivity index (χ3v) is 8.60. The Bertz CT molecular complexity index is 1420. The SMILES string of the molecule is O=C1C[C@@H](c2cccc(F)c2)[C@]2(C(=O)Nc3cc(Cl)ccc32)[C@@H](c2cc(Cl)ccc2OC2CCCCC2)N1. The van der Waals surface area contributed by atoms with Crippen LogP contribution in [-0.2, 0) is 15.0 Å². The fraction of sp³-hybridized carbons (Fsp3) is 0.333. The summed E-state index contributed by atoms with van der Waals surface area (Å²) in [6, 6.07) is 15.9. The van der Waals surface area contributed by atoms with Crippen LogP contribution < -0.4 is 15.4 Å². The number of ether oxygens (including phenoxy) is 1. The predicted octanol–water partition coefficient (Wildman–Crippen LogP) is 7.08. The molecule has 3 aliphatic rings. The van der Waals surface area contributed by atoms with E-state index in [1.807, 2.05) is 12.1 Å². The van der Waals surface area contributed by atoms with Crippen LogP contribution in [0, 0.1) is 5.82 Å². The number of hydrogen-bond donors (Lipinski definition) is 2. The van der Waals surface area contributed by atoms with E-state index in [0.29, 0.717) is 38.2 Å². The van der Waals surface area contributed by atoms with Crippen LogP contribution in [-0.4, -0.2) is 17.9 Å². The lowest BCUT2D eigenvalue weighted by atomic mass is 9.59. The zero-order valence-electron chi connectivity index (χ0n) is 20.6. The molecular weight excluding hydrogens is 526 g/mol. The molecule has 3 aromatic rings. The largest absolute Gasteiger partial charge is 0.490 e. The summed E-state index contributed by atoms with van der Waals surface area (Å²) in [6.07, 6.45) is 5.31. The number of halogens is 3. The van der Waals surface area contributed by atoms with Gasteiger partial charge < -0.3 is 15.4 Å². The highest BCUT2D eigenvalue weighted by Gasteiger charge is 2.61. The second kappa shape index (κ2) is 9.90. The fourth-order valence-electron chi connectivity index (χ4n) is 6.48. The Morgan fingerprint density at radius 2 is 1.68 bits per heavy atom. The molecular formula is C30H27Cl2FN2O3. The molecule has 2 heterocycles. The number of fused-ring (bicyclic) bond motifs is 2. The van der Waals surface area contributed by atoms with Crippen molar-refractivity contribution < 1.29 is 18.7 Å². The summed E-state index contributed by atoms with van der Waals surface area (Å²) in [7, 11) is 0. The van der Waals surface area contributed by atoms with Crippen LogP contribution in [0.5, 0.6) is 5.75 Å². The van der Waals surface area contributed by atoms with Gasteiger partial charge in [0.2, 0.25) is 11.8 Å². The minimum Gasteiger partial charge on any atom is -0.490 e. The lowest BCUT2D eigenvalue weighted by Crippen LogP contribution is -2.57. The molecule has 1 spiro atoms. The van der Waals surface area contributed by atoms with Gasteiger partial charge in [-0.2, -0.15) is 0 Å². The van der Waals surface area contributed by atoms with Gasteiger partial charge in [0.25, 0.3) is 0 Å². The van der Waals surface area contributed by atoms with Crippen molar-refractivity contribution in [1.29, 1.82) is 0 Å². The summed E-state index contributed by atoms with van der Waals surface area (Å²) in [5.74, 6) is -1.03. The predicted molar refractivity (Wildman–Crippen MR) is 145 cm³/mol. The first-order valence-corrected chi connectivity index (χ1v) is 13.7. The maximum atomic E-state index is 14.5. The number of anilines is 1. The van der Waals surface area contributed by atoms with Crippen molar-refractivity contribution in [2.45, 2.75) is 62.0 Å². The van der Waals surface area contributed by atoms with E-state index in [0.717, 1.165) is 25.7 Å². The van der Waals surface area contributed by atoms with Gasteiger partial charge in [-0.05, 0) is 79.3 Å². The Kier molecular flexibility index (Phi) is 6.57. The van der Waals surface area contributed by atoms with E-state index in [-0.39, 0.29) is 24.3 Å². The zero-order chi connectivity index (χ0) is 26.4. The Morgan fingerprint density at radius 1 is 0.921 bits per heavy atom. The molecule has 0 unspecified atom stereocenters. The zero-order valence-corrected chi connectivity index (χ0v) is 22.1. The van der Waals surface area contributed by atoms with E-state index in [9.17, 15) is 14.0 Å². The third-order valence-electron chi connectivity index (χ3n) is 8.13. The summed E-state index contributed by atoms with van der Waals surface area (Å²) in [5.41, 5.74) is 1.16. The summed E-state index contributed by atoms with van der Waals surface area (Å²) < 4.78 is 21.0. The average Bonchev–Trinajstić information content (AvgIpc) is 3.18. The number of benzene rings is 3. The summed E-state index contributed by atoms with van der Waals surface area (Å²) in [6.45, 7) is 0. The highest BCUT2D eigenvalue weighted by molar-refractivity contribution is 6.31. The average molecular weight is 553 g/mol. The maximum absolute atomic E-state index is 14.5. The van der Waals surface area contributed by atoms with E-state index in [2.05, 4.69) is 10.6 Å². The van der Waals surface area contributed by atoms with Crippen molar-refractivity contribution in [3.63, 3.8) is 0 Å². The lowest BCUT2D eigenvalue weighted by molar-refractivity contribution is -0.131. The molecule has 2 amide bonds. The van der Waals surface area contributed by atoms with Crippen molar-refractivity contribution in [1.82, 2.24) is 5.32 Å². The molecule has 6 rings (SSSR count). The van der Waals surface area contributed by atoms with Gasteiger partial charge in [0.15, 0.2) is 0 Å². The maximum Gasteiger partial charge on any atom is 0.238 e. The molecule has 196 valence electrons. The number of carbonyl (C=O) groups excluding carboxylic acids is 2. The summed E-state index contributed by atoms with van der Waals surface area (Å²) in [4.78, 5) is 27.5. The minimum absolute atomic E-state index is 0.00875. The highest BCUT2D eigenvalue weighted by atomic mass is 35.5. The van der Waals surface area contributed by atoms with Crippen molar-refractivity contribution >= 4 is 40.7 Å². The fourth-order valence-corrected chi connectivity index (χ4v) is 6.84. The Hall–Kier alpha value is -3.09. The van der Waals surface area contributed by atoms with E-state index in [1.54, 1.807) is 36.4 Å². The van der Waals surface area contributed by atoms with Gasteiger partial charge in [0.1, 0.15) is 17.0 Å². The van der Waals surface area contributed by atoms with Crippen LogP contribution >= 0.6 is 23.2 Å². The van der Waals surface area contributed by atoms with Crippen molar-refractivity contribution in [3.05, 3.63) is 93.2 Å². The lowest BCUT2D eigenvalue weighted by Gasteiger charge is -2.46. The smallest absolute Gasteiger partial charge is 0.238 e. The van der Waals surface area contributed by atoms with E-state index >= 15 is 0 Å². The molecule has 1 aliphatic carbocycles. The van der Waals surface area contributed by atoms with E-state index in [4.69, 9.17) is 27.9 Å². The molecule has 8 heteroatoms. The molecule has 2 fully saturated rings. The molecule has 5 nitrogen and oxygen atoms in total. The van der Waals surface area contributed by atoms with Gasteiger partial charge in [0.05, 0.1) is 12.1 Å². The summed E-state index contributed by atoms with van der Waals surface area (Å²) in [5, 5.41) is 7.04. The van der Waals surface area contributed by atoms with E-state index in [1.165, 1.54) is 18.6 Å². The Labute approximate surface area is 230 Å². The molecule has 2 N–H and O–H groups in total. The van der Waals surface area contributed by atoms with Crippen LogP contribution in [0.4, 0.5) is 10.1 Å². The number of carbonyl (C=O) groups is 2. The number of piperidine rings is 1. The first kappa shape index (κ1) is 25.2. The normalized spacial score (nSPS) is 25.1. The molecule has 3 aromatic carbocycles. The van der Waals surface area contributed by atoms with Gasteiger partial charge in [-0.15, -0.1) is 0 Å². The quantitative estimate of drug-likeness (QED) is 0.363. The van der Waals surface area contributed by atoms with Crippen LogP contribution in [0.1, 0.15) is 67.2 Å².